The minimum Gasteiger partial charge on any atom is -0.462 e. The highest BCUT2D eigenvalue weighted by atomic mass is 32.1. The van der Waals surface area contributed by atoms with Crippen molar-refractivity contribution < 1.29 is 23.9 Å². The van der Waals surface area contributed by atoms with Gasteiger partial charge in [0.15, 0.2) is 6.61 Å². The zero-order chi connectivity index (χ0) is 21.8. The molecule has 0 amide bonds. The topological polar surface area (TPSA) is 85.5 Å². The maximum Gasteiger partial charge on any atom is 0.349 e. The molecule has 0 bridgehead atoms. The quantitative estimate of drug-likeness (QED) is 0.430. The van der Waals surface area contributed by atoms with Gasteiger partial charge in [-0.05, 0) is 44.7 Å². The van der Waals surface area contributed by atoms with Crippen molar-refractivity contribution in [1.82, 2.24) is 4.98 Å². The van der Waals surface area contributed by atoms with Crippen LogP contribution in [0.4, 0.5) is 0 Å². The van der Waals surface area contributed by atoms with E-state index in [0.717, 1.165) is 16.7 Å². The number of rotatable bonds is 7. The molecule has 1 aromatic carbocycles. The van der Waals surface area contributed by atoms with Crippen molar-refractivity contribution in [2.45, 2.75) is 27.7 Å². The van der Waals surface area contributed by atoms with E-state index in [9.17, 15) is 14.4 Å². The molecule has 1 N–H and O–H groups in total. The van der Waals surface area contributed by atoms with Gasteiger partial charge in [-0.1, -0.05) is 29.8 Å². The van der Waals surface area contributed by atoms with Crippen molar-refractivity contribution in [1.29, 1.82) is 0 Å². The molecule has 0 aliphatic heterocycles. The number of hydrogen-bond donors (Lipinski definition) is 1. The Morgan fingerprint density at radius 2 is 1.57 bits per heavy atom. The number of hydrogen-bond acceptors (Lipinski definition) is 6. The molecular formula is C23H23NO5S. The number of aryl methyl sites for hydroxylation is 3. The summed E-state index contributed by atoms with van der Waals surface area (Å²) in [6.07, 6.45) is 0. The van der Waals surface area contributed by atoms with E-state index in [1.807, 2.05) is 42.6 Å². The predicted molar refractivity (Wildman–Crippen MR) is 115 cm³/mol. The Morgan fingerprint density at radius 3 is 2.23 bits per heavy atom. The Bertz CT molecular complexity index is 1090. The Kier molecular flexibility index (Phi) is 6.52. The van der Waals surface area contributed by atoms with Crippen LogP contribution in [-0.2, 0) is 9.47 Å². The van der Waals surface area contributed by atoms with E-state index >= 15 is 0 Å². The summed E-state index contributed by atoms with van der Waals surface area (Å²) in [4.78, 5) is 41.1. The normalized spacial score (nSPS) is 10.7. The molecule has 7 heteroatoms. The number of benzene rings is 1. The number of Topliss-reactive ketones (excluding diaryl/α,β-unsaturated/α-hetero) is 1. The molecule has 0 atom stereocenters. The van der Waals surface area contributed by atoms with Crippen molar-refractivity contribution in [3.8, 4) is 11.1 Å². The van der Waals surface area contributed by atoms with Gasteiger partial charge in [0, 0.05) is 17.0 Å². The van der Waals surface area contributed by atoms with E-state index in [0.29, 0.717) is 16.3 Å². The zero-order valence-corrected chi connectivity index (χ0v) is 18.1. The zero-order valence-electron chi connectivity index (χ0n) is 17.3. The summed E-state index contributed by atoms with van der Waals surface area (Å²) >= 11 is 1.26. The Hall–Kier alpha value is -3.19. The lowest BCUT2D eigenvalue weighted by molar-refractivity contribution is 0.0477. The second-order valence-corrected chi connectivity index (χ2v) is 7.79. The SMILES string of the molecule is CCOC(=O)c1c(C)[nH]c(C)c1C(=O)COC(=O)c1sccc1-c1ccc(C)cc1. The third-order valence-electron chi connectivity index (χ3n) is 4.68. The summed E-state index contributed by atoms with van der Waals surface area (Å²) in [7, 11) is 0. The molecular weight excluding hydrogens is 402 g/mol. The van der Waals surface area contributed by atoms with Crippen LogP contribution >= 0.6 is 11.3 Å². The van der Waals surface area contributed by atoms with Gasteiger partial charge in [0.25, 0.3) is 0 Å². The molecule has 0 aliphatic rings. The first-order valence-electron chi connectivity index (χ1n) is 9.54. The molecule has 0 aliphatic carbocycles. The van der Waals surface area contributed by atoms with Crippen LogP contribution < -0.4 is 0 Å². The third-order valence-corrected chi connectivity index (χ3v) is 5.58. The molecule has 156 valence electrons. The Balaban J connectivity index is 1.77. The summed E-state index contributed by atoms with van der Waals surface area (Å²) in [5, 5.41) is 1.81. The lowest BCUT2D eigenvalue weighted by atomic mass is 10.0. The molecule has 6 nitrogen and oxygen atoms in total. The molecule has 30 heavy (non-hydrogen) atoms. The van der Waals surface area contributed by atoms with E-state index in [-0.39, 0.29) is 17.7 Å². The van der Waals surface area contributed by atoms with Crippen LogP contribution in [0.25, 0.3) is 11.1 Å². The molecule has 3 rings (SSSR count). The first-order valence-corrected chi connectivity index (χ1v) is 10.4. The van der Waals surface area contributed by atoms with Gasteiger partial charge in [0.2, 0.25) is 5.78 Å². The molecule has 0 radical (unpaired) electrons. The monoisotopic (exact) mass is 425 g/mol. The molecule has 3 aromatic rings. The van der Waals surface area contributed by atoms with Gasteiger partial charge in [0.1, 0.15) is 4.88 Å². The van der Waals surface area contributed by atoms with Crippen LogP contribution in [-0.4, -0.2) is 35.9 Å². The number of carbonyl (C=O) groups excluding carboxylic acids is 3. The fraction of sp³-hybridized carbons (Fsp3) is 0.261. The van der Waals surface area contributed by atoms with Gasteiger partial charge in [-0.2, -0.15) is 0 Å². The molecule has 0 spiro atoms. The van der Waals surface area contributed by atoms with Gasteiger partial charge in [-0.25, -0.2) is 9.59 Å². The summed E-state index contributed by atoms with van der Waals surface area (Å²) < 4.78 is 10.4. The van der Waals surface area contributed by atoms with Crippen molar-refractivity contribution in [2.24, 2.45) is 0 Å². The predicted octanol–water partition coefficient (Wildman–Crippen LogP) is 4.88. The first kappa shape index (κ1) is 21.5. The van der Waals surface area contributed by atoms with Gasteiger partial charge in [-0.15, -0.1) is 11.3 Å². The third kappa shape index (κ3) is 4.36. The Labute approximate surface area is 178 Å². The number of aromatic amines is 1. The molecule has 2 heterocycles. The molecule has 0 fully saturated rings. The van der Waals surface area contributed by atoms with Gasteiger partial charge < -0.3 is 14.5 Å². The van der Waals surface area contributed by atoms with Crippen LogP contribution in [0, 0.1) is 20.8 Å². The van der Waals surface area contributed by atoms with Crippen LogP contribution in [0.1, 0.15) is 54.3 Å². The fourth-order valence-corrected chi connectivity index (χ4v) is 4.09. The number of ketones is 1. The molecule has 0 saturated heterocycles. The van der Waals surface area contributed by atoms with E-state index < -0.39 is 24.3 Å². The number of H-pyrrole nitrogens is 1. The smallest absolute Gasteiger partial charge is 0.349 e. The average molecular weight is 426 g/mol. The second kappa shape index (κ2) is 9.09. The maximum absolute atomic E-state index is 12.8. The number of ether oxygens (including phenoxy) is 2. The number of esters is 2. The minimum absolute atomic E-state index is 0.187. The lowest BCUT2D eigenvalue weighted by Crippen LogP contribution is -2.18. The highest BCUT2D eigenvalue weighted by molar-refractivity contribution is 7.12. The highest BCUT2D eigenvalue weighted by Gasteiger charge is 2.26. The largest absolute Gasteiger partial charge is 0.462 e. The highest BCUT2D eigenvalue weighted by Crippen LogP contribution is 2.29. The maximum atomic E-state index is 12.8. The lowest BCUT2D eigenvalue weighted by Gasteiger charge is -2.08. The van der Waals surface area contributed by atoms with E-state index in [1.165, 1.54) is 11.3 Å². The number of thiophene rings is 1. The number of nitrogens with one attached hydrogen (secondary N) is 1. The van der Waals surface area contributed by atoms with Crippen molar-refractivity contribution in [3.05, 3.63) is 68.7 Å². The first-order chi connectivity index (χ1) is 14.3. The van der Waals surface area contributed by atoms with Crippen molar-refractivity contribution in [3.63, 3.8) is 0 Å². The Morgan fingerprint density at radius 1 is 0.900 bits per heavy atom. The molecule has 0 saturated carbocycles. The summed E-state index contributed by atoms with van der Waals surface area (Å²) in [5.74, 6) is -1.60. The number of aromatic nitrogens is 1. The van der Waals surface area contributed by atoms with E-state index in [1.54, 1.807) is 20.8 Å². The average Bonchev–Trinajstić information content (AvgIpc) is 3.31. The van der Waals surface area contributed by atoms with Gasteiger partial charge in [-0.3, -0.25) is 4.79 Å². The minimum atomic E-state index is -0.575. The van der Waals surface area contributed by atoms with Gasteiger partial charge in [0.05, 0.1) is 17.7 Å². The second-order valence-electron chi connectivity index (χ2n) is 6.87. The summed E-state index contributed by atoms with van der Waals surface area (Å²) in [6, 6.07) is 9.68. The molecule has 2 aromatic heterocycles. The van der Waals surface area contributed by atoms with Crippen LogP contribution in [0.5, 0.6) is 0 Å². The molecule has 0 unspecified atom stereocenters. The van der Waals surface area contributed by atoms with Crippen molar-refractivity contribution in [2.75, 3.05) is 13.2 Å². The number of carbonyl (C=O) groups is 3. The standard InChI is InChI=1S/C23H23NO5S/c1-5-28-22(26)20-15(4)24-14(3)19(20)18(25)12-29-23(27)21-17(10-11-30-21)16-8-6-13(2)7-9-16/h6-11,24H,5,12H2,1-4H3. The van der Waals surface area contributed by atoms with Crippen LogP contribution in [0.3, 0.4) is 0 Å². The van der Waals surface area contributed by atoms with Gasteiger partial charge >= 0.3 is 11.9 Å². The van der Waals surface area contributed by atoms with E-state index in [4.69, 9.17) is 9.47 Å². The van der Waals surface area contributed by atoms with Crippen molar-refractivity contribution >= 4 is 29.1 Å². The van der Waals surface area contributed by atoms with Crippen LogP contribution in [0.15, 0.2) is 35.7 Å². The van der Waals surface area contributed by atoms with E-state index in [2.05, 4.69) is 4.98 Å². The summed E-state index contributed by atoms with van der Waals surface area (Å²) in [6.45, 7) is 6.82. The summed E-state index contributed by atoms with van der Waals surface area (Å²) in [5.41, 5.74) is 4.25. The van der Waals surface area contributed by atoms with Crippen LogP contribution in [0.2, 0.25) is 0 Å². The fourth-order valence-electron chi connectivity index (χ4n) is 3.28.